The minimum Gasteiger partial charge on any atom is -0.319 e. The van der Waals surface area contributed by atoms with Gasteiger partial charge >= 0.3 is 11.9 Å². The lowest BCUT2D eigenvalue weighted by atomic mass is 10.0. The van der Waals surface area contributed by atoms with E-state index in [1.165, 1.54) is 20.1 Å². The monoisotopic (exact) mass is 547 g/mol. The molecule has 0 aliphatic carbocycles. The number of aryl methyl sites for hydroxylation is 1. The Bertz CT molecular complexity index is 1610. The van der Waals surface area contributed by atoms with Crippen LogP contribution >= 0.6 is 0 Å². The molecule has 0 spiro atoms. The van der Waals surface area contributed by atoms with Crippen molar-refractivity contribution >= 4 is 46.7 Å². The van der Waals surface area contributed by atoms with Crippen molar-refractivity contribution in [3.8, 4) is 0 Å². The predicted octanol–water partition coefficient (Wildman–Crippen LogP) is 6.88. The molecule has 0 aromatic heterocycles. The van der Waals surface area contributed by atoms with Crippen molar-refractivity contribution in [2.45, 2.75) is 27.7 Å². The molecule has 0 aliphatic rings. The molecule has 0 atom stereocenters. The van der Waals surface area contributed by atoms with Crippen LogP contribution < -0.4 is 4.90 Å². The van der Waals surface area contributed by atoms with Gasteiger partial charge in [-0.3, -0.25) is 4.79 Å². The molecule has 0 unspecified atom stereocenters. The van der Waals surface area contributed by atoms with Crippen molar-refractivity contribution in [2.75, 3.05) is 4.90 Å². The molecule has 8 nitrogen and oxygen atoms in total. The summed E-state index contributed by atoms with van der Waals surface area (Å²) in [5.74, 6) is -1.03. The van der Waals surface area contributed by atoms with Crippen molar-refractivity contribution in [3.63, 3.8) is 0 Å². The molecular formula is C33H29N3O5. The highest BCUT2D eigenvalue weighted by atomic mass is 16.7. The molecule has 0 N–H and O–H groups in total. The maximum atomic E-state index is 13.1. The van der Waals surface area contributed by atoms with E-state index in [-0.39, 0.29) is 5.78 Å². The van der Waals surface area contributed by atoms with Gasteiger partial charge in [0.25, 0.3) is 0 Å². The third kappa shape index (κ3) is 7.60. The molecule has 41 heavy (non-hydrogen) atoms. The minimum atomic E-state index is -0.495. The van der Waals surface area contributed by atoms with Crippen molar-refractivity contribution in [3.05, 3.63) is 125 Å². The molecule has 0 saturated heterocycles. The summed E-state index contributed by atoms with van der Waals surface area (Å²) >= 11 is 0. The third-order valence-electron chi connectivity index (χ3n) is 6.06. The van der Waals surface area contributed by atoms with Gasteiger partial charge in [-0.15, -0.1) is 0 Å². The molecular weight excluding hydrogens is 518 g/mol. The van der Waals surface area contributed by atoms with Gasteiger partial charge in [0.05, 0.1) is 11.9 Å². The number of benzene rings is 4. The third-order valence-corrected chi connectivity index (χ3v) is 6.06. The Morgan fingerprint density at radius 1 is 0.659 bits per heavy atom. The van der Waals surface area contributed by atoms with Crippen LogP contribution in [0.2, 0.25) is 0 Å². The van der Waals surface area contributed by atoms with Crippen molar-refractivity contribution in [1.29, 1.82) is 0 Å². The quantitative estimate of drug-likeness (QED) is 0.0981. The Morgan fingerprint density at radius 3 is 1.73 bits per heavy atom. The lowest BCUT2D eigenvalue weighted by Gasteiger charge is -2.26. The Labute approximate surface area is 238 Å². The zero-order valence-corrected chi connectivity index (χ0v) is 23.2. The van der Waals surface area contributed by atoms with Crippen LogP contribution in [0.15, 0.2) is 107 Å². The number of hydrogen-bond acceptors (Lipinski definition) is 8. The highest BCUT2D eigenvalue weighted by Crippen LogP contribution is 2.35. The first-order valence-electron chi connectivity index (χ1n) is 12.9. The summed E-state index contributed by atoms with van der Waals surface area (Å²) in [6.07, 6.45) is 1.46. The molecule has 206 valence electrons. The molecule has 4 aromatic carbocycles. The van der Waals surface area contributed by atoms with Gasteiger partial charge in [0.1, 0.15) is 0 Å². The number of anilines is 3. The fourth-order valence-electron chi connectivity index (χ4n) is 4.07. The van der Waals surface area contributed by atoms with Gasteiger partial charge in [-0.2, -0.15) is 0 Å². The Morgan fingerprint density at radius 2 is 1.20 bits per heavy atom. The predicted molar refractivity (Wildman–Crippen MR) is 159 cm³/mol. The first kappa shape index (κ1) is 28.6. The smallest absolute Gasteiger partial charge is 0.319 e. The van der Waals surface area contributed by atoms with E-state index in [4.69, 9.17) is 4.84 Å². The molecule has 0 saturated carbocycles. The van der Waals surface area contributed by atoms with Gasteiger partial charge in [-0.05, 0) is 79.6 Å². The number of rotatable bonds is 9. The lowest BCUT2D eigenvalue weighted by Crippen LogP contribution is -2.11. The second-order valence-corrected chi connectivity index (χ2v) is 9.30. The number of carbonyl (C=O) groups excluding carboxylic acids is 3. The van der Waals surface area contributed by atoms with Crippen molar-refractivity contribution in [1.82, 2.24) is 0 Å². The van der Waals surface area contributed by atoms with Crippen molar-refractivity contribution < 1.29 is 24.1 Å². The van der Waals surface area contributed by atoms with E-state index in [1.807, 2.05) is 109 Å². The SMILES string of the molecule is CC(=O)ON=C(C)c1ccc(N(c2ccc(/C=N/OC(C)=O)cc2)c2ccc(C(=O)c3cccc(C)c3)cc2)cc1. The summed E-state index contributed by atoms with van der Waals surface area (Å²) in [6, 6.07) is 30.2. The molecule has 0 fully saturated rings. The molecule has 0 amide bonds. The van der Waals surface area contributed by atoms with E-state index < -0.39 is 11.9 Å². The highest BCUT2D eigenvalue weighted by Gasteiger charge is 2.15. The van der Waals surface area contributed by atoms with Crippen LogP contribution in [0, 0.1) is 6.92 Å². The van der Waals surface area contributed by atoms with Gasteiger partial charge in [-0.1, -0.05) is 58.3 Å². The lowest BCUT2D eigenvalue weighted by molar-refractivity contribution is -0.141. The molecule has 0 aliphatic heterocycles. The van der Waals surface area contributed by atoms with Crippen LogP contribution in [0.1, 0.15) is 53.4 Å². The summed E-state index contributed by atoms with van der Waals surface area (Å²) in [4.78, 5) is 46.7. The topological polar surface area (TPSA) is 97.6 Å². The number of hydrogen-bond donors (Lipinski definition) is 0. The second kappa shape index (κ2) is 13.1. The van der Waals surface area contributed by atoms with Gasteiger partial charge < -0.3 is 14.6 Å². The number of oxime groups is 2. The zero-order chi connectivity index (χ0) is 29.4. The van der Waals surface area contributed by atoms with E-state index >= 15 is 0 Å². The number of nitrogens with zero attached hydrogens (tertiary/aromatic N) is 3. The summed E-state index contributed by atoms with van der Waals surface area (Å²) in [5.41, 5.74) is 6.91. The maximum Gasteiger partial charge on any atom is 0.331 e. The van der Waals surface area contributed by atoms with E-state index in [1.54, 1.807) is 6.92 Å². The standard InChI is InChI=1S/C33H29N3O5/c1-22-6-5-7-29(20-22)33(39)28-12-18-32(19-13-28)36(30-14-8-26(9-15-30)21-34-40-24(3)37)31-16-10-27(11-17-31)23(2)35-41-25(4)38/h5-21H,1-4H3/b34-21+,35-23?. The maximum absolute atomic E-state index is 13.1. The zero-order valence-electron chi connectivity index (χ0n) is 23.2. The normalized spacial score (nSPS) is 11.3. The molecule has 8 heteroatoms. The Kier molecular flexibility index (Phi) is 9.16. The van der Waals surface area contributed by atoms with Crippen LogP contribution in [0.5, 0.6) is 0 Å². The highest BCUT2D eigenvalue weighted by molar-refractivity contribution is 6.09. The van der Waals surface area contributed by atoms with Gasteiger partial charge in [0, 0.05) is 42.0 Å². The molecule has 4 rings (SSSR count). The fourth-order valence-corrected chi connectivity index (χ4v) is 4.07. The van der Waals surface area contributed by atoms with Crippen LogP contribution in [-0.2, 0) is 19.3 Å². The van der Waals surface area contributed by atoms with Gasteiger partial charge in [-0.25, -0.2) is 9.59 Å². The summed E-state index contributed by atoms with van der Waals surface area (Å²) in [6.45, 7) is 6.30. The minimum absolute atomic E-state index is 0.0462. The Hall–Kier alpha value is -5.37. The second-order valence-electron chi connectivity index (χ2n) is 9.30. The largest absolute Gasteiger partial charge is 0.331 e. The first-order chi connectivity index (χ1) is 19.7. The Balaban J connectivity index is 1.68. The molecule has 0 bridgehead atoms. The van der Waals surface area contributed by atoms with E-state index in [9.17, 15) is 14.4 Å². The van der Waals surface area contributed by atoms with Gasteiger partial charge in [0.15, 0.2) is 5.78 Å². The van der Waals surface area contributed by atoms with Crippen LogP contribution in [0.3, 0.4) is 0 Å². The molecule has 4 aromatic rings. The fraction of sp³-hybridized carbons (Fsp3) is 0.121. The average molecular weight is 548 g/mol. The van der Waals surface area contributed by atoms with E-state index in [0.29, 0.717) is 16.8 Å². The van der Waals surface area contributed by atoms with E-state index in [0.717, 1.165) is 33.8 Å². The number of carbonyl (C=O) groups is 3. The molecule has 0 heterocycles. The summed E-state index contributed by atoms with van der Waals surface area (Å²) in [7, 11) is 0. The van der Waals surface area contributed by atoms with Crippen LogP contribution in [0.25, 0.3) is 0 Å². The number of ketones is 1. The first-order valence-corrected chi connectivity index (χ1v) is 12.9. The average Bonchev–Trinajstić information content (AvgIpc) is 2.97. The van der Waals surface area contributed by atoms with Crippen LogP contribution in [0.4, 0.5) is 17.1 Å². The molecule has 0 radical (unpaired) electrons. The summed E-state index contributed by atoms with van der Waals surface area (Å²) in [5, 5.41) is 7.54. The van der Waals surface area contributed by atoms with Crippen molar-refractivity contribution in [2.24, 2.45) is 10.3 Å². The van der Waals surface area contributed by atoms with E-state index in [2.05, 4.69) is 15.1 Å². The summed E-state index contributed by atoms with van der Waals surface area (Å²) < 4.78 is 0. The van der Waals surface area contributed by atoms with Gasteiger partial charge in [0.2, 0.25) is 0 Å². The van der Waals surface area contributed by atoms with Crippen LogP contribution in [-0.4, -0.2) is 29.6 Å².